The van der Waals surface area contributed by atoms with Crippen molar-refractivity contribution in [3.63, 3.8) is 0 Å². The molecule has 2 fully saturated rings. The molecule has 3 N–H and O–H groups in total. The summed E-state index contributed by atoms with van der Waals surface area (Å²) in [5.74, 6) is -0.0970. The SMILES string of the molecule is O=C(C[C@@H]1CCCN1C(=O)Cc1ccccc1)Nc1ccc(-c2cc(-c3ccc(NC(=O)C[C@@H]4CCCN4C(=O)Cc4ccccc4)cc3)[nH]n2)cc1. The van der Waals surface area contributed by atoms with E-state index in [9.17, 15) is 19.2 Å². The largest absolute Gasteiger partial charge is 0.339 e. The van der Waals surface area contributed by atoms with E-state index in [-0.39, 0.29) is 48.6 Å². The number of rotatable bonds is 12. The Hall–Kier alpha value is -6.03. The van der Waals surface area contributed by atoms with E-state index in [0.717, 1.165) is 59.3 Å². The lowest BCUT2D eigenvalue weighted by molar-refractivity contribution is -0.133. The van der Waals surface area contributed by atoms with Crippen molar-refractivity contribution >= 4 is 35.0 Å². The molecule has 0 radical (unpaired) electrons. The van der Waals surface area contributed by atoms with Crippen LogP contribution in [0.4, 0.5) is 11.4 Å². The number of likely N-dealkylation sites (tertiary alicyclic amines) is 2. The molecule has 10 heteroatoms. The molecule has 270 valence electrons. The third-order valence-electron chi connectivity index (χ3n) is 10.2. The highest BCUT2D eigenvalue weighted by Gasteiger charge is 2.31. The van der Waals surface area contributed by atoms with Gasteiger partial charge < -0.3 is 20.4 Å². The predicted octanol–water partition coefficient (Wildman–Crippen LogP) is 6.87. The lowest BCUT2D eigenvalue weighted by atomic mass is 10.1. The van der Waals surface area contributed by atoms with E-state index >= 15 is 0 Å². The van der Waals surface area contributed by atoms with Gasteiger partial charge in [0.1, 0.15) is 0 Å². The molecule has 0 spiro atoms. The molecule has 0 saturated carbocycles. The molecule has 4 amide bonds. The Labute approximate surface area is 309 Å². The summed E-state index contributed by atoms with van der Waals surface area (Å²) >= 11 is 0. The van der Waals surface area contributed by atoms with Crippen molar-refractivity contribution in [2.24, 2.45) is 0 Å². The quantitative estimate of drug-likeness (QED) is 0.130. The Morgan fingerprint density at radius 2 is 1.06 bits per heavy atom. The van der Waals surface area contributed by atoms with Crippen molar-refractivity contribution in [2.45, 2.75) is 63.5 Å². The highest BCUT2D eigenvalue weighted by Crippen LogP contribution is 2.28. The Morgan fingerprint density at radius 3 is 1.53 bits per heavy atom. The summed E-state index contributed by atoms with van der Waals surface area (Å²) in [5, 5.41) is 13.6. The first-order valence-corrected chi connectivity index (χ1v) is 18.4. The van der Waals surface area contributed by atoms with E-state index in [0.29, 0.717) is 37.3 Å². The van der Waals surface area contributed by atoms with Crippen LogP contribution >= 0.6 is 0 Å². The van der Waals surface area contributed by atoms with E-state index in [1.807, 2.05) is 125 Å². The third-order valence-corrected chi connectivity index (χ3v) is 10.2. The van der Waals surface area contributed by atoms with Crippen LogP contribution in [-0.4, -0.2) is 68.8 Å². The maximum atomic E-state index is 13.0. The van der Waals surface area contributed by atoms with E-state index < -0.39 is 0 Å². The molecule has 10 nitrogen and oxygen atoms in total. The van der Waals surface area contributed by atoms with Gasteiger partial charge in [-0.2, -0.15) is 5.10 Å². The molecule has 1 aromatic heterocycles. The third kappa shape index (κ3) is 9.07. The van der Waals surface area contributed by atoms with Gasteiger partial charge in [0.15, 0.2) is 0 Å². The second-order valence-corrected chi connectivity index (χ2v) is 13.9. The zero-order valence-corrected chi connectivity index (χ0v) is 29.7. The maximum Gasteiger partial charge on any atom is 0.227 e. The smallest absolute Gasteiger partial charge is 0.227 e. The first-order valence-electron chi connectivity index (χ1n) is 18.4. The molecule has 7 rings (SSSR count). The second kappa shape index (κ2) is 16.5. The number of anilines is 2. The Balaban J connectivity index is 0.885. The first kappa shape index (κ1) is 35.4. The van der Waals surface area contributed by atoms with Gasteiger partial charge >= 0.3 is 0 Å². The molecule has 2 saturated heterocycles. The van der Waals surface area contributed by atoms with Crippen LogP contribution < -0.4 is 10.6 Å². The second-order valence-electron chi connectivity index (χ2n) is 13.9. The Kier molecular flexibility index (Phi) is 11.0. The van der Waals surface area contributed by atoms with Crippen LogP contribution in [0.1, 0.15) is 49.7 Å². The van der Waals surface area contributed by atoms with Crippen molar-refractivity contribution in [3.05, 3.63) is 126 Å². The summed E-state index contributed by atoms with van der Waals surface area (Å²) in [7, 11) is 0. The summed E-state index contributed by atoms with van der Waals surface area (Å²) in [6.45, 7) is 1.37. The number of carbonyl (C=O) groups is 4. The molecular weight excluding hydrogens is 665 g/mol. The fourth-order valence-corrected chi connectivity index (χ4v) is 7.42. The van der Waals surface area contributed by atoms with Crippen molar-refractivity contribution in [3.8, 4) is 22.5 Å². The molecule has 2 aliphatic heterocycles. The molecule has 2 atom stereocenters. The molecule has 0 bridgehead atoms. The minimum atomic E-state index is -0.113. The van der Waals surface area contributed by atoms with E-state index in [1.54, 1.807) is 0 Å². The Morgan fingerprint density at radius 1 is 0.604 bits per heavy atom. The zero-order valence-electron chi connectivity index (χ0n) is 29.7. The number of carbonyl (C=O) groups excluding carboxylic acids is 4. The van der Waals surface area contributed by atoms with Gasteiger partial charge in [0, 0.05) is 55.0 Å². The molecule has 5 aromatic rings. The van der Waals surface area contributed by atoms with Gasteiger partial charge in [0.05, 0.1) is 24.2 Å². The number of hydrogen-bond acceptors (Lipinski definition) is 5. The molecule has 2 aliphatic rings. The average molecular weight is 709 g/mol. The van der Waals surface area contributed by atoms with Gasteiger partial charge in [-0.25, -0.2) is 0 Å². The van der Waals surface area contributed by atoms with Crippen LogP contribution in [-0.2, 0) is 32.0 Å². The van der Waals surface area contributed by atoms with Gasteiger partial charge in [0.2, 0.25) is 23.6 Å². The van der Waals surface area contributed by atoms with Crippen LogP contribution in [0, 0.1) is 0 Å². The average Bonchev–Trinajstić information content (AvgIpc) is 3.95. The number of amides is 4. The van der Waals surface area contributed by atoms with Crippen LogP contribution in [0.2, 0.25) is 0 Å². The fourth-order valence-electron chi connectivity index (χ4n) is 7.42. The topological polar surface area (TPSA) is 127 Å². The normalized spacial score (nSPS) is 16.8. The van der Waals surface area contributed by atoms with Crippen molar-refractivity contribution < 1.29 is 19.2 Å². The number of benzene rings is 4. The van der Waals surface area contributed by atoms with Crippen molar-refractivity contribution in [1.29, 1.82) is 0 Å². The van der Waals surface area contributed by atoms with E-state index in [2.05, 4.69) is 20.8 Å². The van der Waals surface area contributed by atoms with Crippen LogP contribution in [0.25, 0.3) is 22.5 Å². The number of nitrogens with zero attached hydrogens (tertiary/aromatic N) is 3. The monoisotopic (exact) mass is 708 g/mol. The number of H-pyrrole nitrogens is 1. The van der Waals surface area contributed by atoms with Gasteiger partial charge in [-0.15, -0.1) is 0 Å². The van der Waals surface area contributed by atoms with E-state index in [1.165, 1.54) is 0 Å². The highest BCUT2D eigenvalue weighted by molar-refractivity contribution is 5.93. The summed E-state index contributed by atoms with van der Waals surface area (Å²) < 4.78 is 0. The van der Waals surface area contributed by atoms with Crippen molar-refractivity contribution in [1.82, 2.24) is 20.0 Å². The number of aromatic nitrogens is 2. The predicted molar refractivity (Wildman–Crippen MR) is 206 cm³/mol. The number of hydrogen-bond donors (Lipinski definition) is 3. The standard InChI is InChI=1S/C43H44N6O4/c50-40(27-36-13-7-23-48(36)42(52)25-30-9-3-1-4-10-30)44-34-19-15-32(16-20-34)38-29-39(47-46-38)33-17-21-35(22-18-33)45-41(51)28-37-14-8-24-49(37)43(53)26-31-11-5-2-6-12-31/h1-6,9-12,15-22,29,36-37H,7-8,13-14,23-28H2,(H,44,50)(H,45,51)(H,46,47)/t36-,37-/m0/s1. The summed E-state index contributed by atoms with van der Waals surface area (Å²) in [5.41, 5.74) is 6.74. The highest BCUT2D eigenvalue weighted by atomic mass is 16.2. The van der Waals surface area contributed by atoms with Crippen LogP contribution in [0.3, 0.4) is 0 Å². The molecule has 53 heavy (non-hydrogen) atoms. The lowest BCUT2D eigenvalue weighted by Gasteiger charge is -2.24. The molecule has 3 heterocycles. The van der Waals surface area contributed by atoms with Gasteiger partial charge in [-0.1, -0.05) is 84.9 Å². The Bertz CT molecular complexity index is 1880. The number of nitrogens with one attached hydrogen (secondary N) is 3. The van der Waals surface area contributed by atoms with Crippen LogP contribution in [0.5, 0.6) is 0 Å². The minimum absolute atomic E-state index is 0.0631. The zero-order chi connectivity index (χ0) is 36.6. The summed E-state index contributed by atoms with van der Waals surface area (Å²) in [6.07, 6.45) is 4.68. The molecule has 0 aliphatic carbocycles. The summed E-state index contributed by atoms with van der Waals surface area (Å²) in [6, 6.07) is 36.3. The maximum absolute atomic E-state index is 13.0. The molecule has 0 unspecified atom stereocenters. The molecular formula is C43H44N6O4. The molecule has 4 aromatic carbocycles. The fraction of sp³-hybridized carbons (Fsp3) is 0.279. The van der Waals surface area contributed by atoms with Crippen molar-refractivity contribution in [2.75, 3.05) is 23.7 Å². The summed E-state index contributed by atoms with van der Waals surface area (Å²) in [4.78, 5) is 55.6. The number of aromatic amines is 1. The van der Waals surface area contributed by atoms with Crippen LogP contribution in [0.15, 0.2) is 115 Å². The van der Waals surface area contributed by atoms with Gasteiger partial charge in [-0.3, -0.25) is 24.3 Å². The van der Waals surface area contributed by atoms with Gasteiger partial charge in [0.25, 0.3) is 0 Å². The minimum Gasteiger partial charge on any atom is -0.339 e. The van der Waals surface area contributed by atoms with E-state index in [4.69, 9.17) is 0 Å². The first-order chi connectivity index (χ1) is 25.9. The lowest BCUT2D eigenvalue weighted by Crippen LogP contribution is -2.38. The van der Waals surface area contributed by atoms with Gasteiger partial charge in [-0.05, 0) is 72.7 Å².